The average molecular weight is 311 g/mol. The molecule has 4 nitrogen and oxygen atoms in total. The molecule has 0 radical (unpaired) electrons. The van der Waals surface area contributed by atoms with Gasteiger partial charge in [0.05, 0.1) is 6.04 Å². The molecule has 0 saturated carbocycles. The molecule has 1 aliphatic heterocycles. The average Bonchev–Trinajstić information content (AvgIpc) is 2.60. The molecule has 0 aliphatic carbocycles. The Morgan fingerprint density at radius 2 is 1.83 bits per heavy atom. The first-order valence-electron chi connectivity index (χ1n) is 7.95. The lowest BCUT2D eigenvalue weighted by atomic mass is 10.1. The van der Waals surface area contributed by atoms with Crippen molar-refractivity contribution >= 4 is 5.91 Å². The first-order valence-corrected chi connectivity index (χ1v) is 7.95. The van der Waals surface area contributed by atoms with Crippen LogP contribution < -0.4 is 14.8 Å². The van der Waals surface area contributed by atoms with Crippen molar-refractivity contribution in [2.45, 2.75) is 25.8 Å². The zero-order valence-corrected chi connectivity index (χ0v) is 13.2. The van der Waals surface area contributed by atoms with E-state index in [1.165, 1.54) is 5.56 Å². The fourth-order valence-corrected chi connectivity index (χ4v) is 2.63. The Balaban J connectivity index is 1.56. The van der Waals surface area contributed by atoms with Crippen LogP contribution in [0.15, 0.2) is 48.5 Å². The maximum Gasteiger partial charge on any atom is 0.220 e. The third-order valence-electron chi connectivity index (χ3n) is 3.93. The summed E-state index contributed by atoms with van der Waals surface area (Å²) in [5.74, 6) is 1.57. The second-order valence-corrected chi connectivity index (χ2v) is 5.68. The van der Waals surface area contributed by atoms with Crippen LogP contribution in [0.5, 0.6) is 11.5 Å². The summed E-state index contributed by atoms with van der Waals surface area (Å²) in [7, 11) is 0. The normalized spacial score (nSPS) is 14.1. The molecular formula is C19H21NO3. The number of amides is 1. The molecule has 4 heteroatoms. The van der Waals surface area contributed by atoms with Crippen molar-refractivity contribution in [3.63, 3.8) is 0 Å². The van der Waals surface area contributed by atoms with Crippen LogP contribution in [0.3, 0.4) is 0 Å². The van der Waals surface area contributed by atoms with Gasteiger partial charge in [-0.15, -0.1) is 0 Å². The fraction of sp³-hybridized carbons (Fsp3) is 0.316. The maximum absolute atomic E-state index is 12.1. The van der Waals surface area contributed by atoms with E-state index in [1.54, 1.807) is 0 Å². The smallest absolute Gasteiger partial charge is 0.220 e. The lowest BCUT2D eigenvalue weighted by molar-refractivity contribution is -0.121. The third-order valence-corrected chi connectivity index (χ3v) is 3.93. The lowest BCUT2D eigenvalue weighted by Crippen LogP contribution is -2.27. The molecule has 1 amide bonds. The molecular weight excluding hydrogens is 290 g/mol. The Hall–Kier alpha value is -2.49. The lowest BCUT2D eigenvalue weighted by Gasteiger charge is -2.21. The Morgan fingerprint density at radius 1 is 1.09 bits per heavy atom. The minimum absolute atomic E-state index is 0.0521. The summed E-state index contributed by atoms with van der Waals surface area (Å²) in [6.45, 7) is 3.12. The number of ether oxygens (including phenoxy) is 2. The largest absolute Gasteiger partial charge is 0.486 e. The Bertz CT molecular complexity index is 670. The van der Waals surface area contributed by atoms with Gasteiger partial charge in [-0.3, -0.25) is 4.79 Å². The summed E-state index contributed by atoms with van der Waals surface area (Å²) in [6, 6.07) is 15.8. The molecule has 0 fully saturated rings. The first kappa shape index (κ1) is 15.4. The van der Waals surface area contributed by atoms with Crippen LogP contribution in [0.25, 0.3) is 0 Å². The van der Waals surface area contributed by atoms with E-state index in [0.29, 0.717) is 19.6 Å². The topological polar surface area (TPSA) is 47.6 Å². The van der Waals surface area contributed by atoms with Crippen LogP contribution in [0.1, 0.15) is 30.5 Å². The summed E-state index contributed by atoms with van der Waals surface area (Å²) in [6.07, 6.45) is 1.24. The van der Waals surface area contributed by atoms with Gasteiger partial charge in [-0.1, -0.05) is 36.4 Å². The van der Waals surface area contributed by atoms with Gasteiger partial charge in [-0.05, 0) is 36.6 Å². The summed E-state index contributed by atoms with van der Waals surface area (Å²) in [4.78, 5) is 12.1. The standard InChI is InChI=1S/C19H21NO3/c1-14(16-8-9-17-18(13-16)23-12-11-22-17)20-19(21)10-7-15-5-3-2-4-6-15/h2-6,8-9,13-14H,7,10-12H2,1H3,(H,20,21)/t14-/m0/s1. The fourth-order valence-electron chi connectivity index (χ4n) is 2.63. The van der Waals surface area contributed by atoms with E-state index in [2.05, 4.69) is 5.32 Å². The van der Waals surface area contributed by atoms with Gasteiger partial charge >= 0.3 is 0 Å². The Labute approximate surface area is 136 Å². The molecule has 0 aromatic heterocycles. The van der Waals surface area contributed by atoms with Crippen molar-refractivity contribution in [3.05, 3.63) is 59.7 Å². The van der Waals surface area contributed by atoms with Crippen molar-refractivity contribution < 1.29 is 14.3 Å². The molecule has 0 spiro atoms. The quantitative estimate of drug-likeness (QED) is 0.922. The van der Waals surface area contributed by atoms with Gasteiger partial charge in [0.25, 0.3) is 0 Å². The monoisotopic (exact) mass is 311 g/mol. The SMILES string of the molecule is C[C@H](NC(=O)CCc1ccccc1)c1ccc2c(c1)OCCO2. The van der Waals surface area contributed by atoms with E-state index in [-0.39, 0.29) is 11.9 Å². The highest BCUT2D eigenvalue weighted by molar-refractivity contribution is 5.76. The number of benzene rings is 2. The van der Waals surface area contributed by atoms with Crippen molar-refractivity contribution in [2.75, 3.05) is 13.2 Å². The number of rotatable bonds is 5. The number of carbonyl (C=O) groups excluding carboxylic acids is 1. The molecule has 0 saturated heterocycles. The molecule has 120 valence electrons. The van der Waals surface area contributed by atoms with Crippen molar-refractivity contribution in [3.8, 4) is 11.5 Å². The molecule has 2 aromatic carbocycles. The molecule has 1 atom stereocenters. The van der Waals surface area contributed by atoms with Gasteiger partial charge in [0.1, 0.15) is 13.2 Å². The highest BCUT2D eigenvalue weighted by Crippen LogP contribution is 2.32. The second kappa shape index (κ2) is 7.18. The van der Waals surface area contributed by atoms with Gasteiger partial charge < -0.3 is 14.8 Å². The molecule has 3 rings (SSSR count). The van der Waals surface area contributed by atoms with Crippen molar-refractivity contribution in [2.24, 2.45) is 0 Å². The van der Waals surface area contributed by atoms with E-state index in [1.807, 2.05) is 55.5 Å². The Morgan fingerprint density at radius 3 is 2.61 bits per heavy atom. The van der Waals surface area contributed by atoms with Crippen molar-refractivity contribution in [1.82, 2.24) is 5.32 Å². The number of hydrogen-bond donors (Lipinski definition) is 1. The van der Waals surface area contributed by atoms with Crippen LogP contribution in [0.4, 0.5) is 0 Å². The number of hydrogen-bond acceptors (Lipinski definition) is 3. The van der Waals surface area contributed by atoms with E-state index in [0.717, 1.165) is 23.5 Å². The van der Waals surface area contributed by atoms with Crippen molar-refractivity contribution in [1.29, 1.82) is 0 Å². The van der Waals surface area contributed by atoms with E-state index >= 15 is 0 Å². The predicted molar refractivity (Wildman–Crippen MR) is 88.8 cm³/mol. The van der Waals surface area contributed by atoms with Crippen LogP contribution >= 0.6 is 0 Å². The Kier molecular flexibility index (Phi) is 4.81. The number of carbonyl (C=O) groups is 1. The highest BCUT2D eigenvalue weighted by atomic mass is 16.6. The van der Waals surface area contributed by atoms with Gasteiger partial charge in [0.2, 0.25) is 5.91 Å². The van der Waals surface area contributed by atoms with Crippen LogP contribution in [-0.4, -0.2) is 19.1 Å². The zero-order chi connectivity index (χ0) is 16.1. The molecule has 0 bridgehead atoms. The van der Waals surface area contributed by atoms with Crippen LogP contribution in [-0.2, 0) is 11.2 Å². The highest BCUT2D eigenvalue weighted by Gasteiger charge is 2.15. The van der Waals surface area contributed by atoms with Gasteiger partial charge in [-0.2, -0.15) is 0 Å². The minimum atomic E-state index is -0.0610. The van der Waals surface area contributed by atoms with Gasteiger partial charge in [-0.25, -0.2) is 0 Å². The zero-order valence-electron chi connectivity index (χ0n) is 13.2. The molecule has 2 aromatic rings. The third kappa shape index (κ3) is 4.03. The molecule has 1 aliphatic rings. The molecule has 1 heterocycles. The number of fused-ring (bicyclic) bond motifs is 1. The summed E-state index contributed by atoms with van der Waals surface area (Å²) in [5, 5.41) is 3.04. The van der Waals surface area contributed by atoms with Gasteiger partial charge in [0, 0.05) is 6.42 Å². The maximum atomic E-state index is 12.1. The molecule has 0 unspecified atom stereocenters. The first-order chi connectivity index (χ1) is 11.2. The summed E-state index contributed by atoms with van der Waals surface area (Å²) < 4.78 is 11.1. The second-order valence-electron chi connectivity index (χ2n) is 5.68. The summed E-state index contributed by atoms with van der Waals surface area (Å²) in [5.41, 5.74) is 2.19. The van der Waals surface area contributed by atoms with E-state index < -0.39 is 0 Å². The van der Waals surface area contributed by atoms with Gasteiger partial charge in [0.15, 0.2) is 11.5 Å². The molecule has 23 heavy (non-hydrogen) atoms. The number of aryl methyl sites for hydroxylation is 1. The van der Waals surface area contributed by atoms with E-state index in [9.17, 15) is 4.79 Å². The minimum Gasteiger partial charge on any atom is -0.486 e. The summed E-state index contributed by atoms with van der Waals surface area (Å²) >= 11 is 0. The predicted octanol–water partition coefficient (Wildman–Crippen LogP) is 3.27. The van der Waals surface area contributed by atoms with Crippen LogP contribution in [0.2, 0.25) is 0 Å². The molecule has 1 N–H and O–H groups in total. The van der Waals surface area contributed by atoms with Crippen LogP contribution in [0, 0.1) is 0 Å². The van der Waals surface area contributed by atoms with E-state index in [4.69, 9.17) is 9.47 Å². The number of nitrogens with one attached hydrogen (secondary N) is 1.